The monoisotopic (exact) mass is 604 g/mol. The molecule has 0 nitrogen and oxygen atoms in total. The third kappa shape index (κ3) is 7.39. The van der Waals surface area contributed by atoms with Crippen molar-refractivity contribution >= 4 is 32.6 Å². The molecule has 0 aromatic heterocycles. The normalized spacial score (nSPS) is 39.9. The summed E-state index contributed by atoms with van der Waals surface area (Å²) < 4.78 is 0. The number of fused-ring (bicyclic) bond motifs is 2. The fraction of sp³-hybridized carbons (Fsp3) is 0.852. The Morgan fingerprint density at radius 3 is 2.16 bits per heavy atom. The smallest absolute Gasteiger partial charge is 0.358 e. The van der Waals surface area contributed by atoms with Crippen molar-refractivity contribution in [2.24, 2.45) is 29.6 Å². The van der Waals surface area contributed by atoms with E-state index in [0.717, 1.165) is 34.4 Å². The van der Waals surface area contributed by atoms with Crippen molar-refractivity contribution < 1.29 is 26.2 Å². The fourth-order valence-electron chi connectivity index (χ4n) is 8.14. The Balaban J connectivity index is 0. The van der Waals surface area contributed by atoms with E-state index in [2.05, 4.69) is 35.9 Å². The van der Waals surface area contributed by atoms with Gasteiger partial charge in [-0.3, -0.25) is 0 Å². The minimum absolute atomic E-state index is 0. The largest absolute Gasteiger partial charge is 4.00 e. The molecule has 0 spiro atoms. The number of halogens is 1. The zero-order valence-corrected chi connectivity index (χ0v) is 28.5. The van der Waals surface area contributed by atoms with Crippen molar-refractivity contribution in [3.63, 3.8) is 0 Å². The second kappa shape index (κ2) is 15.7. The van der Waals surface area contributed by atoms with Gasteiger partial charge < -0.3 is 29.7 Å². The standard InChI is InChI=1S/C23H43BrSi2.4CH3.Zr/c1-4-5-7-16-10-11-18(14-16)25(2)26(3)22-13-12-20-21(22)15-17-8-6-9-19(17)23(20)24;;;;;/h16-23,25-26H,4-15H2,1-3H3;4*1H3;/q;4*-1;+4. The molecule has 182 valence electrons. The molecule has 0 heterocycles. The van der Waals surface area contributed by atoms with Gasteiger partial charge in [0.1, 0.15) is 0 Å². The van der Waals surface area contributed by atoms with Crippen molar-refractivity contribution in [1.82, 2.24) is 0 Å². The predicted molar refractivity (Wildman–Crippen MR) is 150 cm³/mol. The van der Waals surface area contributed by atoms with Gasteiger partial charge in [0.25, 0.3) is 0 Å². The minimum atomic E-state index is -0.498. The molecular weight excluding hydrogens is 552 g/mol. The second-order valence-electron chi connectivity index (χ2n) is 10.9. The zero-order valence-electron chi connectivity index (χ0n) is 22.1. The van der Waals surface area contributed by atoms with E-state index in [1.54, 1.807) is 51.4 Å². The van der Waals surface area contributed by atoms with E-state index in [-0.39, 0.29) is 55.9 Å². The summed E-state index contributed by atoms with van der Waals surface area (Å²) in [7, 11) is -0.965. The molecule has 0 amide bonds. The van der Waals surface area contributed by atoms with Gasteiger partial charge in [-0.1, -0.05) is 99.3 Å². The van der Waals surface area contributed by atoms with Crippen LogP contribution in [0.25, 0.3) is 0 Å². The molecule has 10 atom stereocenters. The van der Waals surface area contributed by atoms with E-state index in [9.17, 15) is 0 Å². The maximum atomic E-state index is 4.24. The van der Waals surface area contributed by atoms with Gasteiger partial charge in [0.05, 0.1) is 0 Å². The summed E-state index contributed by atoms with van der Waals surface area (Å²) in [4.78, 5) is 0.891. The third-order valence-corrected chi connectivity index (χ3v) is 25.2. The molecule has 0 saturated heterocycles. The van der Waals surface area contributed by atoms with E-state index in [1.807, 2.05) is 0 Å². The molecule has 10 unspecified atom stereocenters. The van der Waals surface area contributed by atoms with Crippen LogP contribution in [0.15, 0.2) is 0 Å². The van der Waals surface area contributed by atoms with Crippen molar-refractivity contribution in [2.45, 2.75) is 113 Å². The molecule has 0 aliphatic heterocycles. The number of rotatable bonds is 6. The van der Waals surface area contributed by atoms with Crippen molar-refractivity contribution in [1.29, 1.82) is 0 Å². The summed E-state index contributed by atoms with van der Waals surface area (Å²) in [6, 6.07) is 0. The van der Waals surface area contributed by atoms with Gasteiger partial charge in [0.15, 0.2) is 0 Å². The Morgan fingerprint density at radius 1 is 0.774 bits per heavy atom. The van der Waals surface area contributed by atoms with E-state index >= 15 is 0 Å². The SMILES string of the molecule is CCCCC1CCC([SiH](C)[SiH](C)C2CCC3C(Br)C4CCCC4CC32)C1.[CH3-].[CH3-].[CH3-].[CH3-].[Zr+4]. The average Bonchev–Trinajstić information content (AvgIpc) is 3.38. The van der Waals surface area contributed by atoms with Crippen LogP contribution in [0.1, 0.15) is 84.0 Å². The Morgan fingerprint density at radius 2 is 1.48 bits per heavy atom. The maximum absolute atomic E-state index is 4.24. The van der Waals surface area contributed by atoms with Crippen LogP contribution in [0.3, 0.4) is 0 Å². The second-order valence-corrected chi connectivity index (χ2v) is 23.5. The Kier molecular flexibility index (Phi) is 17.7. The van der Waals surface area contributed by atoms with Crippen LogP contribution in [0.5, 0.6) is 0 Å². The van der Waals surface area contributed by atoms with Crippen LogP contribution in [0, 0.1) is 59.3 Å². The van der Waals surface area contributed by atoms with Gasteiger partial charge in [-0.2, -0.15) is 0 Å². The number of hydrogen-bond donors (Lipinski definition) is 0. The molecule has 4 aliphatic rings. The van der Waals surface area contributed by atoms with Gasteiger partial charge in [-0.15, -0.1) is 0 Å². The molecule has 4 aliphatic carbocycles. The number of hydrogen-bond acceptors (Lipinski definition) is 0. The molecule has 31 heavy (non-hydrogen) atoms. The summed E-state index contributed by atoms with van der Waals surface area (Å²) >= 11 is 4.24. The molecular formula is C27H55BrSi2Zr. The van der Waals surface area contributed by atoms with Gasteiger partial charge in [0.2, 0.25) is 0 Å². The van der Waals surface area contributed by atoms with Crippen LogP contribution in [-0.4, -0.2) is 21.5 Å². The van der Waals surface area contributed by atoms with Gasteiger partial charge in [-0.05, 0) is 54.4 Å². The summed E-state index contributed by atoms with van der Waals surface area (Å²) in [6.45, 7) is 8.06. The van der Waals surface area contributed by atoms with E-state index < -0.39 is 16.6 Å². The van der Waals surface area contributed by atoms with Crippen molar-refractivity contribution in [3.05, 3.63) is 29.7 Å². The molecule has 0 aromatic rings. The average molecular weight is 607 g/mol. The van der Waals surface area contributed by atoms with E-state index in [4.69, 9.17) is 0 Å². The van der Waals surface area contributed by atoms with Crippen LogP contribution >= 0.6 is 15.9 Å². The number of alkyl halides is 1. The summed E-state index contributed by atoms with van der Waals surface area (Å²) in [5, 5.41) is 0. The predicted octanol–water partition coefficient (Wildman–Crippen LogP) is 8.92. The first-order valence-corrected chi connectivity index (χ1v) is 19.5. The zero-order chi connectivity index (χ0) is 18.3. The molecule has 0 radical (unpaired) electrons. The van der Waals surface area contributed by atoms with Crippen LogP contribution in [-0.2, 0) is 26.2 Å². The summed E-state index contributed by atoms with van der Waals surface area (Å²) in [6.07, 6.45) is 18.8. The molecule has 4 saturated carbocycles. The van der Waals surface area contributed by atoms with E-state index in [0.29, 0.717) is 0 Å². The first-order chi connectivity index (χ1) is 12.6. The molecule has 0 N–H and O–H groups in total. The molecule has 0 aromatic carbocycles. The first kappa shape index (κ1) is 35.0. The molecule has 4 heteroatoms. The Labute approximate surface area is 229 Å². The number of unbranched alkanes of at least 4 members (excludes halogenated alkanes) is 1. The van der Waals surface area contributed by atoms with Crippen LogP contribution in [0.2, 0.25) is 24.2 Å². The third-order valence-electron chi connectivity index (χ3n) is 9.84. The van der Waals surface area contributed by atoms with Crippen LogP contribution < -0.4 is 0 Å². The first-order valence-electron chi connectivity index (χ1n) is 12.2. The Hall–Kier alpha value is 1.80. The fourth-order valence-corrected chi connectivity index (χ4v) is 22.0. The van der Waals surface area contributed by atoms with E-state index in [1.165, 1.54) is 36.8 Å². The van der Waals surface area contributed by atoms with Gasteiger partial charge in [-0.25, -0.2) is 0 Å². The minimum Gasteiger partial charge on any atom is -0.358 e. The maximum Gasteiger partial charge on any atom is 4.00 e. The summed E-state index contributed by atoms with van der Waals surface area (Å²) in [5.74, 6) is 5.48. The Bertz CT molecular complexity index is 476. The van der Waals surface area contributed by atoms with Gasteiger partial charge in [0, 0.05) is 21.5 Å². The summed E-state index contributed by atoms with van der Waals surface area (Å²) in [5.41, 5.74) is 2.47. The topological polar surface area (TPSA) is 0 Å². The molecule has 4 rings (SSSR count). The van der Waals surface area contributed by atoms with Crippen molar-refractivity contribution in [3.8, 4) is 0 Å². The quantitative estimate of drug-likeness (QED) is 0.161. The molecule has 0 bridgehead atoms. The molecule has 4 fully saturated rings. The van der Waals surface area contributed by atoms with Crippen molar-refractivity contribution in [2.75, 3.05) is 0 Å². The van der Waals surface area contributed by atoms with Gasteiger partial charge >= 0.3 is 26.2 Å². The van der Waals surface area contributed by atoms with Crippen LogP contribution in [0.4, 0.5) is 0 Å².